The lowest BCUT2D eigenvalue weighted by Crippen LogP contribution is -2.40. The summed E-state index contributed by atoms with van der Waals surface area (Å²) in [5.41, 5.74) is -0.0824. The number of halogens is 1. The topological polar surface area (TPSA) is 67.9 Å². The monoisotopic (exact) mass is 342 g/mol. The van der Waals surface area contributed by atoms with Crippen LogP contribution in [-0.4, -0.2) is 23.6 Å². The summed E-state index contributed by atoms with van der Waals surface area (Å²) < 4.78 is 24.0. The molecule has 2 aliphatic rings. The van der Waals surface area contributed by atoms with Crippen LogP contribution in [0.4, 0.5) is 9.18 Å². The van der Waals surface area contributed by atoms with Crippen molar-refractivity contribution in [3.8, 4) is 11.5 Å². The smallest absolute Gasteiger partial charge is 0.325 e. The lowest BCUT2D eigenvalue weighted by Gasteiger charge is -2.22. The first kappa shape index (κ1) is 15.4. The average Bonchev–Trinajstić information content (AvgIpc) is 3.13. The zero-order chi connectivity index (χ0) is 17.6. The molecular formula is C18H15FN2O4. The molecule has 0 aromatic heterocycles. The predicted molar refractivity (Wildman–Crippen MR) is 85.4 cm³/mol. The summed E-state index contributed by atoms with van der Waals surface area (Å²) in [5.74, 6) is 0.314. The molecule has 4 rings (SSSR count). The third kappa shape index (κ3) is 2.48. The highest BCUT2D eigenvalue weighted by molar-refractivity contribution is 6.07. The van der Waals surface area contributed by atoms with E-state index < -0.39 is 23.3 Å². The number of carbonyl (C=O) groups is 2. The number of rotatable bonds is 3. The molecule has 0 radical (unpaired) electrons. The highest BCUT2D eigenvalue weighted by Crippen LogP contribution is 2.38. The van der Waals surface area contributed by atoms with Crippen molar-refractivity contribution in [1.82, 2.24) is 10.2 Å². The first-order valence-corrected chi connectivity index (χ1v) is 7.76. The number of amides is 3. The lowest BCUT2D eigenvalue weighted by molar-refractivity contribution is -0.131. The maximum absolute atomic E-state index is 13.3. The standard InChI is InChI=1S/C18H15FN2O4/c1-18(12-5-6-14-15(8-12)25-10-24-14)16(22)21(17(23)20-18)9-11-3-2-4-13(19)7-11/h2-8H,9-10H2,1H3,(H,20,23)/t18-/m1/s1. The van der Waals surface area contributed by atoms with Gasteiger partial charge in [-0.05, 0) is 42.3 Å². The molecule has 1 fully saturated rings. The Bertz CT molecular complexity index is 885. The fraction of sp³-hybridized carbons (Fsp3) is 0.222. The van der Waals surface area contributed by atoms with Crippen molar-refractivity contribution in [2.75, 3.05) is 6.79 Å². The van der Waals surface area contributed by atoms with Crippen molar-refractivity contribution < 1.29 is 23.5 Å². The van der Waals surface area contributed by atoms with Gasteiger partial charge in [-0.25, -0.2) is 9.18 Å². The van der Waals surface area contributed by atoms with Crippen molar-refractivity contribution in [2.24, 2.45) is 0 Å². The molecule has 2 aromatic rings. The summed E-state index contributed by atoms with van der Waals surface area (Å²) in [6, 6.07) is 10.4. The van der Waals surface area contributed by atoms with E-state index in [9.17, 15) is 14.0 Å². The van der Waals surface area contributed by atoms with Gasteiger partial charge in [0.05, 0.1) is 6.54 Å². The van der Waals surface area contributed by atoms with Gasteiger partial charge in [-0.2, -0.15) is 0 Å². The molecule has 0 spiro atoms. The Morgan fingerprint density at radius 2 is 1.96 bits per heavy atom. The van der Waals surface area contributed by atoms with Crippen LogP contribution in [0, 0.1) is 5.82 Å². The average molecular weight is 342 g/mol. The second-order valence-corrected chi connectivity index (χ2v) is 6.14. The van der Waals surface area contributed by atoms with Gasteiger partial charge in [0.25, 0.3) is 5.91 Å². The van der Waals surface area contributed by atoms with Crippen LogP contribution in [0.5, 0.6) is 11.5 Å². The second kappa shape index (κ2) is 5.47. The molecule has 0 bridgehead atoms. The quantitative estimate of drug-likeness (QED) is 0.871. The summed E-state index contributed by atoms with van der Waals surface area (Å²) in [4.78, 5) is 26.3. The number of hydrogen-bond donors (Lipinski definition) is 1. The molecule has 0 saturated carbocycles. The molecule has 2 heterocycles. The maximum Gasteiger partial charge on any atom is 0.325 e. The minimum atomic E-state index is -1.22. The fourth-order valence-electron chi connectivity index (χ4n) is 3.06. The number of nitrogens with zero attached hydrogens (tertiary/aromatic N) is 1. The van der Waals surface area contributed by atoms with E-state index in [1.165, 1.54) is 12.1 Å². The van der Waals surface area contributed by atoms with E-state index in [-0.39, 0.29) is 13.3 Å². The zero-order valence-electron chi connectivity index (χ0n) is 13.4. The Kier molecular flexibility index (Phi) is 3.38. The third-order valence-electron chi connectivity index (χ3n) is 4.45. The van der Waals surface area contributed by atoms with Crippen molar-refractivity contribution >= 4 is 11.9 Å². The van der Waals surface area contributed by atoms with E-state index in [4.69, 9.17) is 9.47 Å². The van der Waals surface area contributed by atoms with Crippen molar-refractivity contribution in [2.45, 2.75) is 19.0 Å². The number of ether oxygens (including phenoxy) is 2. The zero-order valence-corrected chi connectivity index (χ0v) is 13.4. The van der Waals surface area contributed by atoms with Gasteiger partial charge in [0.2, 0.25) is 6.79 Å². The van der Waals surface area contributed by atoms with E-state index in [1.807, 2.05) is 0 Å². The van der Waals surface area contributed by atoms with Crippen LogP contribution in [-0.2, 0) is 16.9 Å². The van der Waals surface area contributed by atoms with E-state index in [1.54, 1.807) is 37.3 Å². The van der Waals surface area contributed by atoms with Crippen LogP contribution in [0.25, 0.3) is 0 Å². The minimum absolute atomic E-state index is 0.00255. The molecule has 6 nitrogen and oxygen atoms in total. The number of benzene rings is 2. The largest absolute Gasteiger partial charge is 0.454 e. The van der Waals surface area contributed by atoms with Gasteiger partial charge in [-0.15, -0.1) is 0 Å². The van der Waals surface area contributed by atoms with Gasteiger partial charge in [-0.3, -0.25) is 9.69 Å². The number of urea groups is 1. The summed E-state index contributed by atoms with van der Waals surface area (Å²) in [5, 5.41) is 2.72. The lowest BCUT2D eigenvalue weighted by atomic mass is 9.91. The number of hydrogen-bond acceptors (Lipinski definition) is 4. The molecule has 0 unspecified atom stereocenters. The molecule has 2 aromatic carbocycles. The van der Waals surface area contributed by atoms with Crippen molar-refractivity contribution in [1.29, 1.82) is 0 Å². The number of fused-ring (bicyclic) bond motifs is 1. The Morgan fingerprint density at radius 1 is 1.16 bits per heavy atom. The minimum Gasteiger partial charge on any atom is -0.454 e. The molecule has 7 heteroatoms. The Morgan fingerprint density at radius 3 is 2.76 bits per heavy atom. The maximum atomic E-state index is 13.3. The SMILES string of the molecule is C[C@]1(c2ccc3c(c2)OCO3)NC(=O)N(Cc2cccc(F)c2)C1=O. The van der Waals surface area contributed by atoms with Crippen molar-refractivity contribution in [3.63, 3.8) is 0 Å². The molecular weight excluding hydrogens is 327 g/mol. The Hall–Kier alpha value is -3.09. The summed E-state index contributed by atoms with van der Waals surface area (Å²) >= 11 is 0. The molecule has 1 N–H and O–H groups in total. The van der Waals surface area contributed by atoms with Crippen LogP contribution >= 0.6 is 0 Å². The van der Waals surface area contributed by atoms with Gasteiger partial charge >= 0.3 is 6.03 Å². The second-order valence-electron chi connectivity index (χ2n) is 6.14. The Labute approximate surface area is 143 Å². The van der Waals surface area contributed by atoms with Crippen LogP contribution < -0.4 is 14.8 Å². The number of carbonyl (C=O) groups excluding carboxylic acids is 2. The first-order chi connectivity index (χ1) is 12.0. The predicted octanol–water partition coefficient (Wildman–Crippen LogP) is 2.52. The molecule has 0 aliphatic carbocycles. The molecule has 2 aliphatic heterocycles. The molecule has 3 amide bonds. The normalized spacial score (nSPS) is 21.6. The van der Waals surface area contributed by atoms with Gasteiger partial charge < -0.3 is 14.8 Å². The molecule has 1 atom stereocenters. The Balaban J connectivity index is 1.63. The van der Waals surface area contributed by atoms with Crippen LogP contribution in [0.1, 0.15) is 18.1 Å². The summed E-state index contributed by atoms with van der Waals surface area (Å²) in [6.07, 6.45) is 0. The number of imide groups is 1. The van der Waals surface area contributed by atoms with E-state index in [0.29, 0.717) is 22.6 Å². The molecule has 25 heavy (non-hydrogen) atoms. The van der Waals surface area contributed by atoms with Crippen LogP contribution in [0.2, 0.25) is 0 Å². The highest BCUT2D eigenvalue weighted by Gasteiger charge is 2.49. The van der Waals surface area contributed by atoms with Gasteiger partial charge in [0, 0.05) is 0 Å². The molecule has 128 valence electrons. The summed E-state index contributed by atoms with van der Waals surface area (Å²) in [6.45, 7) is 1.76. The third-order valence-corrected chi connectivity index (χ3v) is 4.45. The van der Waals surface area contributed by atoms with Crippen molar-refractivity contribution in [3.05, 3.63) is 59.4 Å². The first-order valence-electron chi connectivity index (χ1n) is 7.76. The van der Waals surface area contributed by atoms with Crippen LogP contribution in [0.3, 0.4) is 0 Å². The van der Waals surface area contributed by atoms with E-state index in [0.717, 1.165) is 4.90 Å². The van der Waals surface area contributed by atoms with E-state index >= 15 is 0 Å². The van der Waals surface area contributed by atoms with Gasteiger partial charge in [-0.1, -0.05) is 18.2 Å². The molecule has 1 saturated heterocycles. The number of nitrogens with one attached hydrogen (secondary N) is 1. The van der Waals surface area contributed by atoms with Crippen LogP contribution in [0.15, 0.2) is 42.5 Å². The highest BCUT2D eigenvalue weighted by atomic mass is 19.1. The van der Waals surface area contributed by atoms with E-state index in [2.05, 4.69) is 5.32 Å². The fourth-order valence-corrected chi connectivity index (χ4v) is 3.06. The van der Waals surface area contributed by atoms with Gasteiger partial charge in [0.15, 0.2) is 11.5 Å². The van der Waals surface area contributed by atoms with Gasteiger partial charge in [0.1, 0.15) is 11.4 Å². The summed E-state index contributed by atoms with van der Waals surface area (Å²) in [7, 11) is 0.